The molecular weight excluding hydrogens is 870 g/mol. The number of unbranched alkanes of at least 4 members (excludes halogenated alkanes) is 3. The molecule has 0 saturated carbocycles. The lowest BCUT2D eigenvalue weighted by molar-refractivity contribution is -0.139. The molecule has 0 aliphatic carbocycles. The Morgan fingerprint density at radius 3 is 2.55 bits per heavy atom. The van der Waals surface area contributed by atoms with Crippen molar-refractivity contribution < 1.29 is 51.7 Å². The van der Waals surface area contributed by atoms with Gasteiger partial charge in [0.15, 0.2) is 0 Å². The first kappa shape index (κ1) is 49.3. The molecule has 2 aromatic carbocycles. The van der Waals surface area contributed by atoms with Crippen LogP contribution in [0.25, 0.3) is 11.3 Å². The number of aromatic nitrogens is 2. The fourth-order valence-electron chi connectivity index (χ4n) is 8.32. The summed E-state index contributed by atoms with van der Waals surface area (Å²) in [5.74, 6) is -3.36. The van der Waals surface area contributed by atoms with E-state index in [1.54, 1.807) is 18.0 Å². The summed E-state index contributed by atoms with van der Waals surface area (Å²) in [6.45, 7) is 3.73. The number of urea groups is 1. The standard InChI is InChI=1S/C45H59F3N8O8S/c1-28(26-64-45(62)51-15-7-2-3-8-16-55-39(57)20-38(42(55)58)65-27-36(49)43(59)60)52-44(61)56(24-31-21-50-22-35(31)48)40(30-13-17-63-18-14-30)41-53-37(33-19-32(46)11-12-34(33)47)25-54(41)23-29-9-5-4-6-10-29/h4-6,9-12,19,25,28,30-31,35-36,38,40,50H,2-3,7-8,13-18,20-24,26-27,49H2,1H3,(H,51,62)(H,52,61)(H,59,60)/t28-,31-,35-,36-,38?,40+/m0/s1. The van der Waals surface area contributed by atoms with Crippen LogP contribution in [0, 0.1) is 23.5 Å². The van der Waals surface area contributed by atoms with Crippen molar-refractivity contribution in [1.82, 2.24) is 35.3 Å². The number of likely N-dealkylation sites (tertiary alicyclic amines) is 1. The van der Waals surface area contributed by atoms with Crippen LogP contribution in [0.2, 0.25) is 0 Å². The molecule has 0 bridgehead atoms. The van der Waals surface area contributed by atoms with Crippen molar-refractivity contribution >= 4 is 41.7 Å². The lowest BCUT2D eigenvalue weighted by Crippen LogP contribution is -2.52. The zero-order valence-electron chi connectivity index (χ0n) is 36.5. The van der Waals surface area contributed by atoms with Crippen molar-refractivity contribution in [2.45, 2.75) is 88.0 Å². The molecule has 65 heavy (non-hydrogen) atoms. The highest BCUT2D eigenvalue weighted by Gasteiger charge is 2.41. The molecular formula is C45H59F3N8O8S. The molecule has 20 heteroatoms. The first-order chi connectivity index (χ1) is 31.3. The molecule has 3 saturated heterocycles. The third kappa shape index (κ3) is 13.7. The lowest BCUT2D eigenvalue weighted by Gasteiger charge is -2.40. The summed E-state index contributed by atoms with van der Waals surface area (Å²) >= 11 is 1.08. The molecule has 16 nitrogen and oxygen atoms in total. The first-order valence-corrected chi connectivity index (χ1v) is 23.2. The zero-order valence-corrected chi connectivity index (χ0v) is 37.3. The van der Waals surface area contributed by atoms with Gasteiger partial charge in [-0.2, -0.15) is 0 Å². The number of halogens is 3. The molecule has 5 amide bonds. The van der Waals surface area contributed by atoms with Crippen LogP contribution in [0.1, 0.15) is 69.3 Å². The number of aliphatic carboxylic acids is 1. The Kier molecular flexibility index (Phi) is 18.1. The number of alkyl halides is 1. The molecule has 6 atom stereocenters. The Balaban J connectivity index is 1.07. The maximum Gasteiger partial charge on any atom is 0.407 e. The number of alkyl carbamates (subject to hydrolysis) is 1. The maximum absolute atomic E-state index is 15.4. The van der Waals surface area contributed by atoms with Crippen LogP contribution in [0.3, 0.4) is 0 Å². The topological polar surface area (TPSA) is 210 Å². The number of amides is 5. The minimum atomic E-state index is -1.22. The van der Waals surface area contributed by atoms with Gasteiger partial charge in [-0.25, -0.2) is 27.7 Å². The summed E-state index contributed by atoms with van der Waals surface area (Å²) in [6.07, 6.45) is 3.47. The molecule has 6 N–H and O–H groups in total. The van der Waals surface area contributed by atoms with Gasteiger partial charge in [-0.3, -0.25) is 19.3 Å². The second-order valence-electron chi connectivity index (χ2n) is 16.8. The van der Waals surface area contributed by atoms with Crippen LogP contribution < -0.4 is 21.7 Å². The second kappa shape index (κ2) is 23.8. The van der Waals surface area contributed by atoms with Crippen molar-refractivity contribution in [3.63, 3.8) is 0 Å². The summed E-state index contributed by atoms with van der Waals surface area (Å²) in [4.78, 5) is 71.1. The normalized spacial score (nSPS) is 20.4. The van der Waals surface area contributed by atoms with Crippen molar-refractivity contribution in [3.8, 4) is 11.3 Å². The smallest absolute Gasteiger partial charge is 0.407 e. The second-order valence-corrected chi connectivity index (χ2v) is 18.1. The minimum absolute atomic E-state index is 0.0156. The Labute approximate surface area is 380 Å². The van der Waals surface area contributed by atoms with Gasteiger partial charge in [-0.15, -0.1) is 11.8 Å². The van der Waals surface area contributed by atoms with Crippen LogP contribution >= 0.6 is 11.8 Å². The number of hydrogen-bond donors (Lipinski definition) is 5. The fourth-order valence-corrected chi connectivity index (χ4v) is 9.44. The van der Waals surface area contributed by atoms with E-state index in [1.807, 2.05) is 34.9 Å². The number of carboxylic acids is 1. The first-order valence-electron chi connectivity index (χ1n) is 22.2. The van der Waals surface area contributed by atoms with Gasteiger partial charge in [0, 0.05) is 82.3 Å². The number of hydrogen-bond acceptors (Lipinski definition) is 11. The molecule has 1 unspecified atom stereocenters. The number of carbonyl (C=O) groups is 5. The fraction of sp³-hybridized carbons (Fsp3) is 0.556. The number of nitrogens with one attached hydrogen (secondary N) is 3. The number of nitrogens with two attached hydrogens (primary N) is 1. The highest BCUT2D eigenvalue weighted by atomic mass is 32.2. The molecule has 0 radical (unpaired) electrons. The molecule has 354 valence electrons. The molecule has 1 aromatic heterocycles. The van der Waals surface area contributed by atoms with Gasteiger partial charge in [0.25, 0.3) is 0 Å². The average molecular weight is 929 g/mol. The van der Waals surface area contributed by atoms with Crippen molar-refractivity contribution in [2.75, 3.05) is 58.3 Å². The van der Waals surface area contributed by atoms with E-state index in [-0.39, 0.29) is 67.4 Å². The van der Waals surface area contributed by atoms with E-state index in [4.69, 9.17) is 25.3 Å². The Bertz CT molecular complexity index is 2100. The summed E-state index contributed by atoms with van der Waals surface area (Å²) in [5.41, 5.74) is 6.59. The number of nitrogens with zero attached hydrogens (tertiary/aromatic N) is 4. The quantitative estimate of drug-likeness (QED) is 0.0676. The number of carbonyl (C=O) groups excluding carboxylic acids is 4. The summed E-state index contributed by atoms with van der Waals surface area (Å²) in [5, 5.41) is 17.1. The van der Waals surface area contributed by atoms with Gasteiger partial charge >= 0.3 is 18.1 Å². The van der Waals surface area contributed by atoms with E-state index < -0.39 is 65.2 Å². The van der Waals surface area contributed by atoms with Crippen molar-refractivity contribution in [1.29, 1.82) is 0 Å². The monoisotopic (exact) mass is 928 g/mol. The third-order valence-electron chi connectivity index (χ3n) is 11.9. The Hall–Kier alpha value is -5.18. The number of thioether (sulfide) groups is 1. The molecule has 4 heterocycles. The molecule has 3 aliphatic heterocycles. The van der Waals surface area contributed by atoms with Gasteiger partial charge in [0.2, 0.25) is 11.8 Å². The number of benzene rings is 2. The van der Waals surface area contributed by atoms with Crippen LogP contribution in [0.15, 0.2) is 54.7 Å². The predicted molar refractivity (Wildman–Crippen MR) is 236 cm³/mol. The summed E-state index contributed by atoms with van der Waals surface area (Å²) in [6, 6.07) is 9.66. The number of ether oxygens (including phenoxy) is 2. The van der Waals surface area contributed by atoms with Gasteiger partial charge in [0.05, 0.1) is 23.0 Å². The van der Waals surface area contributed by atoms with Gasteiger partial charge < -0.3 is 45.7 Å². The van der Waals surface area contributed by atoms with E-state index in [0.717, 1.165) is 35.5 Å². The largest absolute Gasteiger partial charge is 0.480 e. The van der Waals surface area contributed by atoms with Crippen LogP contribution in [0.4, 0.5) is 22.8 Å². The van der Waals surface area contributed by atoms with Crippen LogP contribution in [-0.4, -0.2) is 136 Å². The third-order valence-corrected chi connectivity index (χ3v) is 13.2. The van der Waals surface area contributed by atoms with Gasteiger partial charge in [-0.05, 0) is 62.3 Å². The van der Waals surface area contributed by atoms with E-state index in [0.29, 0.717) is 77.2 Å². The lowest BCUT2D eigenvalue weighted by atomic mass is 9.89. The maximum atomic E-state index is 15.4. The SMILES string of the molecule is C[C@@H](COC(=O)NCCCCCCN1C(=O)CC(SC[C@H](N)C(=O)O)C1=O)NC(=O)N(C[C@@H]1CNC[C@@H]1F)[C@@H](c1nc(-c2cc(F)ccc2F)cn1Cc1ccccc1)C1CCOCC1. The molecule has 3 aliphatic rings. The Morgan fingerprint density at radius 2 is 1.83 bits per heavy atom. The van der Waals surface area contributed by atoms with Crippen molar-refractivity contribution in [3.05, 3.63) is 77.8 Å². The van der Waals surface area contributed by atoms with Crippen LogP contribution in [0.5, 0.6) is 0 Å². The van der Waals surface area contributed by atoms with E-state index >= 15 is 8.78 Å². The number of imidazole rings is 1. The number of carboxylic acid groups (broad SMARTS) is 1. The summed E-state index contributed by atoms with van der Waals surface area (Å²) < 4.78 is 58.2. The Morgan fingerprint density at radius 1 is 1.08 bits per heavy atom. The van der Waals surface area contributed by atoms with E-state index in [1.165, 1.54) is 4.90 Å². The predicted octanol–water partition coefficient (Wildman–Crippen LogP) is 4.86. The summed E-state index contributed by atoms with van der Waals surface area (Å²) in [7, 11) is 0. The highest BCUT2D eigenvalue weighted by Crippen LogP contribution is 2.38. The molecule has 0 spiro atoms. The van der Waals surface area contributed by atoms with Gasteiger partial charge in [-0.1, -0.05) is 43.2 Å². The average Bonchev–Trinajstić information content (AvgIpc) is 3.98. The zero-order chi connectivity index (χ0) is 46.5. The minimum Gasteiger partial charge on any atom is -0.480 e. The number of rotatable bonds is 22. The molecule has 3 fully saturated rings. The molecule has 6 rings (SSSR count). The molecule has 3 aromatic rings. The number of imide groups is 1. The van der Waals surface area contributed by atoms with Crippen molar-refractivity contribution in [2.24, 2.45) is 17.6 Å². The van der Waals surface area contributed by atoms with Gasteiger partial charge in [0.1, 0.15) is 36.3 Å². The van der Waals surface area contributed by atoms with Crippen LogP contribution in [-0.2, 0) is 30.4 Å². The highest BCUT2D eigenvalue weighted by molar-refractivity contribution is 8.00. The van der Waals surface area contributed by atoms with E-state index in [9.17, 15) is 28.4 Å². The van der Waals surface area contributed by atoms with E-state index in [2.05, 4.69) is 16.0 Å².